The van der Waals surface area contributed by atoms with Gasteiger partial charge in [0.15, 0.2) is 0 Å². The molecule has 0 radical (unpaired) electrons. The lowest BCUT2D eigenvalue weighted by atomic mass is 10.1. The third-order valence-electron chi connectivity index (χ3n) is 3.72. The molecule has 0 aliphatic heterocycles. The summed E-state index contributed by atoms with van der Waals surface area (Å²) in [6.45, 7) is 8.73. The fourth-order valence-corrected chi connectivity index (χ4v) is 2.95. The van der Waals surface area contributed by atoms with Gasteiger partial charge in [-0.1, -0.05) is 41.9 Å². The summed E-state index contributed by atoms with van der Waals surface area (Å²) in [6, 6.07) is 7.63. The van der Waals surface area contributed by atoms with Gasteiger partial charge < -0.3 is 5.32 Å². The molecule has 0 bridgehead atoms. The molecule has 1 aliphatic carbocycles. The summed E-state index contributed by atoms with van der Waals surface area (Å²) in [5, 5.41) is 3.45. The fraction of sp³-hybridized carbons (Fsp3) is 0.625. The number of hydrogen-bond acceptors (Lipinski definition) is 2. The first-order valence-corrected chi connectivity index (χ1v) is 8.26. The molecule has 0 amide bonds. The van der Waals surface area contributed by atoms with Crippen LogP contribution in [-0.2, 0) is 13.1 Å². The monoisotopic (exact) mass is 324 g/mol. The van der Waals surface area contributed by atoms with Crippen molar-refractivity contribution in [1.29, 1.82) is 0 Å². The van der Waals surface area contributed by atoms with Gasteiger partial charge in [-0.15, -0.1) is 0 Å². The van der Waals surface area contributed by atoms with Crippen LogP contribution in [0.3, 0.4) is 0 Å². The number of hydrogen-bond donors (Lipinski definition) is 1. The minimum absolute atomic E-state index is 0.836. The van der Waals surface area contributed by atoms with E-state index in [9.17, 15) is 0 Å². The SMILES string of the molecule is CCCNCc1ccc(CN(CC)C2CC2)c(Br)c1. The summed E-state index contributed by atoms with van der Waals surface area (Å²) in [4.78, 5) is 2.58. The number of nitrogens with one attached hydrogen (secondary N) is 1. The van der Waals surface area contributed by atoms with Crippen molar-refractivity contribution in [1.82, 2.24) is 10.2 Å². The summed E-state index contributed by atoms with van der Waals surface area (Å²) in [5.74, 6) is 0. The van der Waals surface area contributed by atoms with E-state index in [4.69, 9.17) is 0 Å². The van der Waals surface area contributed by atoms with Crippen molar-refractivity contribution in [3.63, 3.8) is 0 Å². The summed E-state index contributed by atoms with van der Waals surface area (Å²) < 4.78 is 1.25. The third kappa shape index (κ3) is 4.59. The van der Waals surface area contributed by atoms with Crippen LogP contribution in [0.1, 0.15) is 44.2 Å². The van der Waals surface area contributed by atoms with E-state index >= 15 is 0 Å². The molecule has 0 unspecified atom stereocenters. The van der Waals surface area contributed by atoms with Gasteiger partial charge in [0.05, 0.1) is 0 Å². The van der Waals surface area contributed by atoms with E-state index in [1.807, 2.05) is 0 Å². The van der Waals surface area contributed by atoms with Gasteiger partial charge in [0.1, 0.15) is 0 Å². The van der Waals surface area contributed by atoms with Crippen LogP contribution in [0.2, 0.25) is 0 Å². The van der Waals surface area contributed by atoms with Crippen molar-refractivity contribution >= 4 is 15.9 Å². The number of rotatable bonds is 8. The number of halogens is 1. The average molecular weight is 325 g/mol. The van der Waals surface area contributed by atoms with Crippen LogP contribution in [-0.4, -0.2) is 24.0 Å². The molecule has 1 aliphatic rings. The molecule has 2 nitrogen and oxygen atoms in total. The van der Waals surface area contributed by atoms with Gasteiger partial charge in [-0.2, -0.15) is 0 Å². The molecule has 2 rings (SSSR count). The maximum Gasteiger partial charge on any atom is 0.0247 e. The van der Waals surface area contributed by atoms with E-state index in [0.717, 1.165) is 32.2 Å². The standard InChI is InChI=1S/C16H25BrN2/c1-3-9-18-11-13-5-6-14(16(17)10-13)12-19(4-2)15-7-8-15/h5-6,10,15,18H,3-4,7-9,11-12H2,1-2H3. The predicted molar refractivity (Wildman–Crippen MR) is 85.2 cm³/mol. The Hall–Kier alpha value is -0.380. The summed E-state index contributed by atoms with van der Waals surface area (Å²) in [7, 11) is 0. The van der Waals surface area contributed by atoms with Crippen molar-refractivity contribution in [3.8, 4) is 0 Å². The van der Waals surface area contributed by atoms with E-state index in [-0.39, 0.29) is 0 Å². The molecule has 0 atom stereocenters. The van der Waals surface area contributed by atoms with Crippen molar-refractivity contribution in [3.05, 3.63) is 33.8 Å². The molecule has 0 heterocycles. The Bertz CT molecular complexity index is 402. The van der Waals surface area contributed by atoms with Gasteiger partial charge in [-0.05, 0) is 49.5 Å². The Labute approximate surface area is 125 Å². The molecule has 0 spiro atoms. The first-order chi connectivity index (χ1) is 9.24. The van der Waals surface area contributed by atoms with Crippen molar-refractivity contribution in [2.24, 2.45) is 0 Å². The number of nitrogens with zero attached hydrogens (tertiary/aromatic N) is 1. The van der Waals surface area contributed by atoms with Crippen LogP contribution in [0, 0.1) is 0 Å². The summed E-state index contributed by atoms with van der Waals surface area (Å²) >= 11 is 3.73. The van der Waals surface area contributed by atoms with Crippen LogP contribution in [0.25, 0.3) is 0 Å². The van der Waals surface area contributed by atoms with Gasteiger partial charge in [0.25, 0.3) is 0 Å². The molecular weight excluding hydrogens is 300 g/mol. The second-order valence-electron chi connectivity index (χ2n) is 5.40. The van der Waals surface area contributed by atoms with E-state index in [0.29, 0.717) is 0 Å². The van der Waals surface area contributed by atoms with Gasteiger partial charge in [0.2, 0.25) is 0 Å². The van der Waals surface area contributed by atoms with E-state index in [1.54, 1.807) is 0 Å². The summed E-state index contributed by atoms with van der Waals surface area (Å²) in [5.41, 5.74) is 2.77. The first-order valence-electron chi connectivity index (χ1n) is 7.46. The number of benzene rings is 1. The molecule has 106 valence electrons. The maximum atomic E-state index is 3.73. The smallest absolute Gasteiger partial charge is 0.0247 e. The van der Waals surface area contributed by atoms with Crippen molar-refractivity contribution in [2.45, 2.75) is 52.2 Å². The minimum Gasteiger partial charge on any atom is -0.313 e. The normalized spacial score (nSPS) is 15.2. The Morgan fingerprint density at radius 1 is 1.32 bits per heavy atom. The van der Waals surface area contributed by atoms with Crippen molar-refractivity contribution in [2.75, 3.05) is 13.1 Å². The van der Waals surface area contributed by atoms with Crippen LogP contribution in [0.4, 0.5) is 0 Å². The highest BCUT2D eigenvalue weighted by molar-refractivity contribution is 9.10. The molecule has 19 heavy (non-hydrogen) atoms. The summed E-state index contributed by atoms with van der Waals surface area (Å²) in [6.07, 6.45) is 3.95. The van der Waals surface area contributed by atoms with Gasteiger partial charge in [-0.25, -0.2) is 0 Å². The van der Waals surface area contributed by atoms with Gasteiger partial charge >= 0.3 is 0 Å². The quantitative estimate of drug-likeness (QED) is 0.729. The first kappa shape index (κ1) is 15.0. The molecule has 0 saturated heterocycles. The largest absolute Gasteiger partial charge is 0.313 e. The fourth-order valence-electron chi connectivity index (χ4n) is 2.40. The van der Waals surface area contributed by atoms with Crippen LogP contribution in [0.15, 0.2) is 22.7 Å². The highest BCUT2D eigenvalue weighted by atomic mass is 79.9. The Morgan fingerprint density at radius 2 is 2.11 bits per heavy atom. The molecule has 3 heteroatoms. The van der Waals surface area contributed by atoms with E-state index in [1.165, 1.54) is 34.9 Å². The highest BCUT2D eigenvalue weighted by Gasteiger charge is 2.27. The molecule has 1 aromatic rings. The van der Waals surface area contributed by atoms with Crippen molar-refractivity contribution < 1.29 is 0 Å². The zero-order chi connectivity index (χ0) is 13.7. The molecule has 1 fully saturated rings. The minimum atomic E-state index is 0.836. The predicted octanol–water partition coefficient (Wildman–Crippen LogP) is 3.93. The van der Waals surface area contributed by atoms with Gasteiger partial charge in [-0.3, -0.25) is 4.90 Å². The third-order valence-corrected chi connectivity index (χ3v) is 4.45. The zero-order valence-corrected chi connectivity index (χ0v) is 13.7. The lowest BCUT2D eigenvalue weighted by Crippen LogP contribution is -2.25. The Morgan fingerprint density at radius 3 is 2.68 bits per heavy atom. The van der Waals surface area contributed by atoms with E-state index < -0.39 is 0 Å². The topological polar surface area (TPSA) is 15.3 Å². The van der Waals surface area contributed by atoms with E-state index in [2.05, 4.69) is 58.2 Å². The maximum absolute atomic E-state index is 3.73. The average Bonchev–Trinajstić information content (AvgIpc) is 3.23. The molecular formula is C16H25BrN2. The zero-order valence-electron chi connectivity index (χ0n) is 12.1. The lowest BCUT2D eigenvalue weighted by molar-refractivity contribution is 0.269. The second kappa shape index (κ2) is 7.41. The van der Waals surface area contributed by atoms with Crippen LogP contribution >= 0.6 is 15.9 Å². The lowest BCUT2D eigenvalue weighted by Gasteiger charge is -2.20. The molecule has 1 saturated carbocycles. The second-order valence-corrected chi connectivity index (χ2v) is 6.25. The highest BCUT2D eigenvalue weighted by Crippen LogP contribution is 2.29. The Balaban J connectivity index is 1.94. The Kier molecular flexibility index (Phi) is 5.86. The molecule has 0 aromatic heterocycles. The van der Waals surface area contributed by atoms with Crippen LogP contribution in [0.5, 0.6) is 0 Å². The van der Waals surface area contributed by atoms with Gasteiger partial charge in [0, 0.05) is 23.6 Å². The molecule has 1 aromatic carbocycles. The van der Waals surface area contributed by atoms with Crippen LogP contribution < -0.4 is 5.32 Å². The molecule has 1 N–H and O–H groups in total.